The lowest BCUT2D eigenvalue weighted by atomic mass is 10.0. The standard InChI is InChI=1S/C21H22O5/c1-4-5-12-24-18-11-10-14-8-6-7-9-15(14)16(18)13-17-19(22)25-21(2,3)26-20(17)23/h6-11,13H,4-5,12H2,1-3H3. The molecule has 26 heavy (non-hydrogen) atoms. The second-order valence-electron chi connectivity index (χ2n) is 6.64. The molecule has 0 unspecified atom stereocenters. The van der Waals surface area contributed by atoms with Crippen LogP contribution in [0.5, 0.6) is 5.75 Å². The summed E-state index contributed by atoms with van der Waals surface area (Å²) in [6, 6.07) is 11.5. The molecule has 5 heteroatoms. The van der Waals surface area contributed by atoms with Gasteiger partial charge in [0.2, 0.25) is 0 Å². The number of ether oxygens (including phenoxy) is 3. The van der Waals surface area contributed by atoms with Crippen molar-refractivity contribution in [2.45, 2.75) is 39.4 Å². The van der Waals surface area contributed by atoms with Gasteiger partial charge in [-0.1, -0.05) is 43.7 Å². The third kappa shape index (κ3) is 3.72. The van der Waals surface area contributed by atoms with Crippen LogP contribution in [0.4, 0.5) is 0 Å². The summed E-state index contributed by atoms with van der Waals surface area (Å²) in [4.78, 5) is 24.6. The van der Waals surface area contributed by atoms with Gasteiger partial charge in [0, 0.05) is 19.4 Å². The molecule has 0 amide bonds. The highest BCUT2D eigenvalue weighted by Crippen LogP contribution is 2.32. The van der Waals surface area contributed by atoms with E-state index in [0.717, 1.165) is 23.6 Å². The van der Waals surface area contributed by atoms with Gasteiger partial charge in [0.05, 0.1) is 6.61 Å². The molecule has 3 rings (SSSR count). The fourth-order valence-electron chi connectivity index (χ4n) is 2.80. The minimum atomic E-state index is -1.26. The van der Waals surface area contributed by atoms with Crippen LogP contribution in [0.2, 0.25) is 0 Å². The van der Waals surface area contributed by atoms with Crippen molar-refractivity contribution in [3.8, 4) is 5.75 Å². The van der Waals surface area contributed by atoms with E-state index in [1.165, 1.54) is 19.9 Å². The molecule has 1 saturated heterocycles. The monoisotopic (exact) mass is 354 g/mol. The van der Waals surface area contributed by atoms with Crippen molar-refractivity contribution >= 4 is 28.8 Å². The number of hydrogen-bond acceptors (Lipinski definition) is 5. The van der Waals surface area contributed by atoms with Crippen LogP contribution >= 0.6 is 0 Å². The molecule has 0 N–H and O–H groups in total. The molecule has 0 radical (unpaired) electrons. The van der Waals surface area contributed by atoms with Crippen LogP contribution in [-0.2, 0) is 19.1 Å². The number of cyclic esters (lactones) is 2. The number of fused-ring (bicyclic) bond motifs is 1. The van der Waals surface area contributed by atoms with E-state index < -0.39 is 17.7 Å². The summed E-state index contributed by atoms with van der Waals surface area (Å²) in [5.41, 5.74) is 0.531. The highest BCUT2D eigenvalue weighted by molar-refractivity contribution is 6.19. The fraction of sp³-hybridized carbons (Fsp3) is 0.333. The van der Waals surface area contributed by atoms with Gasteiger partial charge in [0.15, 0.2) is 0 Å². The highest BCUT2D eigenvalue weighted by Gasteiger charge is 2.39. The molecule has 2 aromatic carbocycles. The molecule has 136 valence electrons. The molecule has 0 aromatic heterocycles. The molecule has 5 nitrogen and oxygen atoms in total. The minimum Gasteiger partial charge on any atom is -0.493 e. The van der Waals surface area contributed by atoms with Crippen LogP contribution in [0.25, 0.3) is 16.8 Å². The molecule has 1 aliphatic rings. The molecule has 0 bridgehead atoms. The summed E-state index contributed by atoms with van der Waals surface area (Å²) in [6.45, 7) is 5.70. The quantitative estimate of drug-likeness (QED) is 0.348. The summed E-state index contributed by atoms with van der Waals surface area (Å²) < 4.78 is 16.3. The predicted molar refractivity (Wildman–Crippen MR) is 98.6 cm³/mol. The van der Waals surface area contributed by atoms with Gasteiger partial charge in [-0.2, -0.15) is 0 Å². The van der Waals surface area contributed by atoms with E-state index in [-0.39, 0.29) is 5.57 Å². The van der Waals surface area contributed by atoms with E-state index in [1.54, 1.807) is 0 Å². The topological polar surface area (TPSA) is 61.8 Å². The lowest BCUT2D eigenvalue weighted by Gasteiger charge is -2.29. The molecule has 0 atom stereocenters. The van der Waals surface area contributed by atoms with Crippen molar-refractivity contribution in [1.82, 2.24) is 0 Å². The number of hydrogen-bond donors (Lipinski definition) is 0. The third-order valence-corrected chi connectivity index (χ3v) is 4.09. The van der Waals surface area contributed by atoms with Crippen LogP contribution in [0, 0.1) is 0 Å². The number of unbranched alkanes of at least 4 members (excludes halogenated alkanes) is 1. The predicted octanol–water partition coefficient (Wildman–Crippen LogP) is 4.24. The van der Waals surface area contributed by atoms with Crippen molar-refractivity contribution in [1.29, 1.82) is 0 Å². The molecule has 1 fully saturated rings. The average molecular weight is 354 g/mol. The Morgan fingerprint density at radius 1 is 1.04 bits per heavy atom. The lowest BCUT2D eigenvalue weighted by molar-refractivity contribution is -0.222. The zero-order valence-electron chi connectivity index (χ0n) is 15.2. The molecule has 0 spiro atoms. The first-order chi connectivity index (χ1) is 12.4. The Hall–Kier alpha value is -2.82. The van der Waals surface area contributed by atoms with E-state index in [4.69, 9.17) is 14.2 Å². The van der Waals surface area contributed by atoms with Gasteiger partial charge < -0.3 is 14.2 Å². The van der Waals surface area contributed by atoms with E-state index in [9.17, 15) is 9.59 Å². The van der Waals surface area contributed by atoms with E-state index in [1.807, 2.05) is 36.4 Å². The summed E-state index contributed by atoms with van der Waals surface area (Å²) in [5, 5.41) is 1.87. The minimum absolute atomic E-state index is 0.138. The van der Waals surface area contributed by atoms with Gasteiger partial charge in [0.1, 0.15) is 11.3 Å². The Bertz CT molecular complexity index is 857. The molecular formula is C21H22O5. The van der Waals surface area contributed by atoms with Crippen LogP contribution in [0.3, 0.4) is 0 Å². The molecule has 0 aliphatic carbocycles. The average Bonchev–Trinajstić information content (AvgIpc) is 2.58. The number of rotatable bonds is 5. The summed E-state index contributed by atoms with van der Waals surface area (Å²) in [7, 11) is 0. The molecule has 2 aromatic rings. The van der Waals surface area contributed by atoms with Crippen molar-refractivity contribution < 1.29 is 23.8 Å². The Labute approximate surface area is 152 Å². The second-order valence-corrected chi connectivity index (χ2v) is 6.64. The van der Waals surface area contributed by atoms with Crippen LogP contribution in [0.15, 0.2) is 42.0 Å². The number of esters is 2. The second kappa shape index (κ2) is 7.20. The Morgan fingerprint density at radius 2 is 1.73 bits per heavy atom. The Kier molecular flexibility index (Phi) is 4.98. The van der Waals surface area contributed by atoms with Gasteiger partial charge >= 0.3 is 11.9 Å². The van der Waals surface area contributed by atoms with Gasteiger partial charge in [-0.15, -0.1) is 0 Å². The van der Waals surface area contributed by atoms with E-state index in [2.05, 4.69) is 6.92 Å². The van der Waals surface area contributed by atoms with E-state index >= 15 is 0 Å². The first-order valence-corrected chi connectivity index (χ1v) is 8.74. The molecule has 0 saturated carbocycles. The summed E-state index contributed by atoms with van der Waals surface area (Å²) >= 11 is 0. The van der Waals surface area contributed by atoms with Gasteiger partial charge in [-0.25, -0.2) is 9.59 Å². The normalized spacial score (nSPS) is 16.2. The van der Waals surface area contributed by atoms with Crippen molar-refractivity contribution in [2.75, 3.05) is 6.61 Å². The first-order valence-electron chi connectivity index (χ1n) is 8.74. The Morgan fingerprint density at radius 3 is 2.42 bits per heavy atom. The van der Waals surface area contributed by atoms with Gasteiger partial charge in [-0.3, -0.25) is 0 Å². The SMILES string of the molecule is CCCCOc1ccc2ccccc2c1C=C1C(=O)OC(C)(C)OC1=O. The molecular weight excluding hydrogens is 332 g/mol. The fourth-order valence-corrected chi connectivity index (χ4v) is 2.80. The third-order valence-electron chi connectivity index (χ3n) is 4.09. The highest BCUT2D eigenvalue weighted by atomic mass is 16.7. The van der Waals surface area contributed by atoms with Crippen molar-refractivity contribution in [3.05, 3.63) is 47.5 Å². The van der Waals surface area contributed by atoms with Gasteiger partial charge in [-0.05, 0) is 29.3 Å². The maximum Gasteiger partial charge on any atom is 0.348 e. The van der Waals surface area contributed by atoms with Crippen LogP contribution in [-0.4, -0.2) is 24.3 Å². The summed E-state index contributed by atoms with van der Waals surface area (Å²) in [5.74, 6) is -2.03. The maximum absolute atomic E-state index is 12.3. The smallest absolute Gasteiger partial charge is 0.348 e. The van der Waals surface area contributed by atoms with Crippen molar-refractivity contribution in [3.63, 3.8) is 0 Å². The first kappa shape index (κ1) is 18.0. The lowest BCUT2D eigenvalue weighted by Crippen LogP contribution is -2.41. The van der Waals surface area contributed by atoms with Gasteiger partial charge in [0.25, 0.3) is 5.79 Å². The molecule has 1 aliphatic heterocycles. The maximum atomic E-state index is 12.3. The number of carbonyl (C=O) groups excluding carboxylic acids is 2. The Balaban J connectivity index is 2.08. The van der Waals surface area contributed by atoms with Crippen LogP contribution in [0.1, 0.15) is 39.2 Å². The summed E-state index contributed by atoms with van der Waals surface area (Å²) in [6.07, 6.45) is 3.43. The zero-order valence-corrected chi connectivity index (χ0v) is 15.2. The number of benzene rings is 2. The number of carbonyl (C=O) groups is 2. The molecule has 1 heterocycles. The van der Waals surface area contributed by atoms with Crippen LogP contribution < -0.4 is 4.74 Å². The largest absolute Gasteiger partial charge is 0.493 e. The van der Waals surface area contributed by atoms with E-state index in [0.29, 0.717) is 17.9 Å². The van der Waals surface area contributed by atoms with Crippen molar-refractivity contribution in [2.24, 2.45) is 0 Å². The zero-order chi connectivity index (χ0) is 18.7.